The molecular weight excluding hydrogens is 472 g/mol. The smallest absolute Gasteiger partial charge is 0.309 e. The normalized spacial score (nSPS) is 14.1. The number of piperidine rings is 1. The molecule has 1 aromatic carbocycles. The van der Waals surface area contributed by atoms with Gasteiger partial charge >= 0.3 is 5.97 Å². The Morgan fingerprint density at radius 3 is 2.60 bits per heavy atom. The minimum absolute atomic E-state index is 0.0241. The molecule has 1 fully saturated rings. The Bertz CT molecular complexity index is 1150. The molecule has 1 saturated heterocycles. The first kappa shape index (κ1) is 24.6. The summed E-state index contributed by atoms with van der Waals surface area (Å²) in [5.41, 5.74) is 0.661. The molecule has 35 heavy (non-hydrogen) atoms. The van der Waals surface area contributed by atoms with Crippen LogP contribution in [0.4, 0.5) is 0 Å². The second-order valence-corrected chi connectivity index (χ2v) is 8.79. The van der Waals surface area contributed by atoms with Crippen LogP contribution in [-0.2, 0) is 14.3 Å². The van der Waals surface area contributed by atoms with Crippen LogP contribution in [0.1, 0.15) is 19.8 Å². The summed E-state index contributed by atoms with van der Waals surface area (Å²) in [6.45, 7) is 3.21. The predicted molar refractivity (Wildman–Crippen MR) is 129 cm³/mol. The molecule has 11 heteroatoms. The van der Waals surface area contributed by atoms with E-state index in [9.17, 15) is 9.59 Å². The van der Waals surface area contributed by atoms with Crippen LogP contribution in [0.25, 0.3) is 17.3 Å². The van der Waals surface area contributed by atoms with E-state index in [1.807, 2.05) is 6.07 Å². The van der Waals surface area contributed by atoms with E-state index in [0.717, 1.165) is 0 Å². The molecule has 0 atom stereocenters. The zero-order chi connectivity index (χ0) is 24.8. The summed E-state index contributed by atoms with van der Waals surface area (Å²) in [6, 6.07) is 8.98. The number of aromatic nitrogens is 3. The molecule has 0 spiro atoms. The van der Waals surface area contributed by atoms with Crippen LogP contribution in [0.15, 0.2) is 46.2 Å². The third kappa shape index (κ3) is 5.45. The first-order valence-electron chi connectivity index (χ1n) is 11.3. The van der Waals surface area contributed by atoms with Crippen molar-refractivity contribution in [3.8, 4) is 28.8 Å². The van der Waals surface area contributed by atoms with E-state index in [1.165, 1.54) is 11.8 Å². The molecule has 10 nitrogen and oxygen atoms in total. The number of thioether (sulfide) groups is 1. The maximum absolute atomic E-state index is 12.9. The summed E-state index contributed by atoms with van der Waals surface area (Å²) in [5, 5.41) is 9.18. The van der Waals surface area contributed by atoms with Gasteiger partial charge in [0.15, 0.2) is 10.9 Å². The lowest BCUT2D eigenvalue weighted by molar-refractivity contribution is -0.151. The van der Waals surface area contributed by atoms with Gasteiger partial charge in [0.25, 0.3) is 0 Å². The van der Waals surface area contributed by atoms with Gasteiger partial charge in [-0.2, -0.15) is 0 Å². The second kappa shape index (κ2) is 11.3. The van der Waals surface area contributed by atoms with Crippen LogP contribution in [0.2, 0.25) is 0 Å². The van der Waals surface area contributed by atoms with Gasteiger partial charge in [-0.25, -0.2) is 0 Å². The molecule has 0 bridgehead atoms. The number of amides is 1. The lowest BCUT2D eigenvalue weighted by Crippen LogP contribution is -2.41. The number of carbonyl (C=O) groups excluding carboxylic acids is 2. The van der Waals surface area contributed by atoms with Crippen molar-refractivity contribution in [2.75, 3.05) is 39.7 Å². The zero-order valence-electron chi connectivity index (χ0n) is 19.9. The number of methoxy groups -OCH3 is 2. The molecule has 0 N–H and O–H groups in total. The number of hydrogen-bond donors (Lipinski definition) is 0. The molecular formula is C24H28N4O6S. The third-order valence-corrected chi connectivity index (χ3v) is 6.71. The van der Waals surface area contributed by atoms with E-state index in [-0.39, 0.29) is 23.5 Å². The van der Waals surface area contributed by atoms with E-state index in [4.69, 9.17) is 18.6 Å². The SMILES string of the molecule is CCOC(=O)C1CCN(C(=O)CSc2nnc(-c3ccco3)n2-c2cc(OC)ccc2OC)CC1. The number of rotatable bonds is 9. The topological polar surface area (TPSA) is 109 Å². The summed E-state index contributed by atoms with van der Waals surface area (Å²) in [7, 11) is 3.17. The predicted octanol–water partition coefficient (Wildman–Crippen LogP) is 3.44. The van der Waals surface area contributed by atoms with Crippen molar-refractivity contribution in [2.24, 2.45) is 5.92 Å². The van der Waals surface area contributed by atoms with Crippen LogP contribution < -0.4 is 9.47 Å². The van der Waals surface area contributed by atoms with Gasteiger partial charge in [-0.05, 0) is 44.0 Å². The average molecular weight is 501 g/mol. The van der Waals surface area contributed by atoms with Crippen LogP contribution in [0.5, 0.6) is 11.5 Å². The summed E-state index contributed by atoms with van der Waals surface area (Å²) >= 11 is 1.28. The Balaban J connectivity index is 1.53. The number of benzene rings is 1. The van der Waals surface area contributed by atoms with E-state index in [1.54, 1.807) is 61.1 Å². The number of ether oxygens (including phenoxy) is 3. The Morgan fingerprint density at radius 2 is 1.94 bits per heavy atom. The Morgan fingerprint density at radius 1 is 1.14 bits per heavy atom. The number of esters is 1. The minimum atomic E-state index is -0.181. The van der Waals surface area contributed by atoms with Crippen molar-refractivity contribution in [1.82, 2.24) is 19.7 Å². The van der Waals surface area contributed by atoms with Crippen molar-refractivity contribution < 1.29 is 28.2 Å². The van der Waals surface area contributed by atoms with Gasteiger partial charge < -0.3 is 23.5 Å². The molecule has 1 aliphatic rings. The van der Waals surface area contributed by atoms with Crippen molar-refractivity contribution in [3.63, 3.8) is 0 Å². The minimum Gasteiger partial charge on any atom is -0.497 e. The van der Waals surface area contributed by atoms with Crippen molar-refractivity contribution in [3.05, 3.63) is 36.6 Å². The maximum Gasteiger partial charge on any atom is 0.309 e. The number of likely N-dealkylation sites (tertiary alicyclic amines) is 1. The van der Waals surface area contributed by atoms with Gasteiger partial charge in [-0.1, -0.05) is 11.8 Å². The molecule has 4 rings (SSSR count). The van der Waals surface area contributed by atoms with Gasteiger partial charge in [0.2, 0.25) is 11.7 Å². The van der Waals surface area contributed by atoms with Crippen molar-refractivity contribution in [1.29, 1.82) is 0 Å². The summed E-state index contributed by atoms with van der Waals surface area (Å²) in [5.74, 6) is 2.05. The van der Waals surface area contributed by atoms with Gasteiger partial charge in [0.1, 0.15) is 11.5 Å². The highest BCUT2D eigenvalue weighted by Gasteiger charge is 2.29. The van der Waals surface area contributed by atoms with E-state index in [2.05, 4.69) is 10.2 Å². The zero-order valence-corrected chi connectivity index (χ0v) is 20.7. The molecule has 2 aromatic heterocycles. The first-order chi connectivity index (χ1) is 17.0. The average Bonchev–Trinajstić information content (AvgIpc) is 3.57. The van der Waals surface area contributed by atoms with Gasteiger partial charge in [-0.3, -0.25) is 14.2 Å². The molecule has 0 aliphatic carbocycles. The van der Waals surface area contributed by atoms with Crippen molar-refractivity contribution >= 4 is 23.6 Å². The summed E-state index contributed by atoms with van der Waals surface area (Å²) < 4.78 is 23.5. The fourth-order valence-corrected chi connectivity index (χ4v) is 4.81. The number of nitrogens with zero attached hydrogens (tertiary/aromatic N) is 4. The lowest BCUT2D eigenvalue weighted by atomic mass is 9.97. The third-order valence-electron chi connectivity index (χ3n) is 5.79. The molecule has 0 unspecified atom stereocenters. The van der Waals surface area contributed by atoms with Gasteiger partial charge in [0.05, 0.1) is 44.4 Å². The van der Waals surface area contributed by atoms with E-state index in [0.29, 0.717) is 66.5 Å². The second-order valence-electron chi connectivity index (χ2n) is 7.85. The first-order valence-corrected chi connectivity index (χ1v) is 12.3. The van der Waals surface area contributed by atoms with Gasteiger partial charge in [0, 0.05) is 19.2 Å². The molecule has 3 aromatic rings. The van der Waals surface area contributed by atoms with E-state index >= 15 is 0 Å². The largest absolute Gasteiger partial charge is 0.497 e. The molecule has 0 radical (unpaired) electrons. The van der Waals surface area contributed by atoms with E-state index < -0.39 is 0 Å². The quantitative estimate of drug-likeness (QED) is 0.322. The number of carbonyl (C=O) groups is 2. The molecule has 1 aliphatic heterocycles. The number of furan rings is 1. The summed E-state index contributed by atoms with van der Waals surface area (Å²) in [4.78, 5) is 26.7. The Hall–Kier alpha value is -3.47. The Kier molecular flexibility index (Phi) is 7.96. The fraction of sp³-hybridized carbons (Fsp3) is 0.417. The summed E-state index contributed by atoms with van der Waals surface area (Å²) in [6.07, 6.45) is 2.78. The standard InChI is InChI=1S/C24H28N4O6S/c1-4-33-23(30)16-9-11-27(12-10-16)21(29)15-35-24-26-25-22(20-6-5-13-34-20)28(24)18-14-17(31-2)7-8-19(18)32-3/h5-8,13-14,16H,4,9-12,15H2,1-3H3. The van der Waals surface area contributed by atoms with Crippen LogP contribution in [-0.4, -0.2) is 71.2 Å². The number of hydrogen-bond acceptors (Lipinski definition) is 9. The van der Waals surface area contributed by atoms with Crippen LogP contribution in [0.3, 0.4) is 0 Å². The highest BCUT2D eigenvalue weighted by molar-refractivity contribution is 7.99. The molecule has 3 heterocycles. The van der Waals surface area contributed by atoms with Gasteiger partial charge in [-0.15, -0.1) is 10.2 Å². The molecule has 186 valence electrons. The monoisotopic (exact) mass is 500 g/mol. The Labute approximate surface area is 207 Å². The van der Waals surface area contributed by atoms with Crippen LogP contribution >= 0.6 is 11.8 Å². The highest BCUT2D eigenvalue weighted by Crippen LogP contribution is 2.35. The molecule has 0 saturated carbocycles. The van der Waals surface area contributed by atoms with Crippen LogP contribution in [0, 0.1) is 5.92 Å². The van der Waals surface area contributed by atoms with Crippen molar-refractivity contribution in [2.45, 2.75) is 24.9 Å². The lowest BCUT2D eigenvalue weighted by Gasteiger charge is -2.30. The molecule has 1 amide bonds. The highest BCUT2D eigenvalue weighted by atomic mass is 32.2. The maximum atomic E-state index is 12.9. The fourth-order valence-electron chi connectivity index (χ4n) is 3.96.